The number of aliphatic hydroxyl groups is 1. The van der Waals surface area contributed by atoms with Gasteiger partial charge < -0.3 is 14.6 Å². The number of hydrogen-bond acceptors (Lipinski definition) is 3. The van der Waals surface area contributed by atoms with Crippen LogP contribution in [-0.2, 0) is 12.8 Å². The highest BCUT2D eigenvalue weighted by molar-refractivity contribution is 5.51. The summed E-state index contributed by atoms with van der Waals surface area (Å²) in [5, 5.41) is 9.58. The molecule has 1 N–H and O–H groups in total. The van der Waals surface area contributed by atoms with Gasteiger partial charge in [0.2, 0.25) is 0 Å². The molecule has 1 aliphatic carbocycles. The lowest BCUT2D eigenvalue weighted by Crippen LogP contribution is -2.04. The first-order valence-electron chi connectivity index (χ1n) is 4.67. The van der Waals surface area contributed by atoms with E-state index in [0.717, 1.165) is 22.6 Å². The molecule has 2 rings (SSSR count). The molecular formula is C11H14O3. The average Bonchev–Trinajstić information content (AvgIpc) is 2.57. The van der Waals surface area contributed by atoms with Crippen molar-refractivity contribution in [3.05, 3.63) is 23.3 Å². The van der Waals surface area contributed by atoms with Gasteiger partial charge in [-0.25, -0.2) is 0 Å². The van der Waals surface area contributed by atoms with Crippen LogP contribution in [0.2, 0.25) is 0 Å². The van der Waals surface area contributed by atoms with Crippen molar-refractivity contribution in [1.82, 2.24) is 0 Å². The van der Waals surface area contributed by atoms with Crippen LogP contribution in [0.4, 0.5) is 0 Å². The largest absolute Gasteiger partial charge is 0.496 e. The average molecular weight is 194 g/mol. The zero-order chi connectivity index (χ0) is 10.1. The molecule has 0 heterocycles. The lowest BCUT2D eigenvalue weighted by molar-refractivity contribution is 0.186. The fraction of sp³-hybridized carbons (Fsp3) is 0.455. The number of ether oxygens (including phenoxy) is 2. The molecule has 3 nitrogen and oxygen atoms in total. The maximum Gasteiger partial charge on any atom is 0.122 e. The molecule has 0 fully saturated rings. The van der Waals surface area contributed by atoms with Crippen LogP contribution in [0.3, 0.4) is 0 Å². The second kappa shape index (κ2) is 3.50. The second-order valence-electron chi connectivity index (χ2n) is 3.49. The van der Waals surface area contributed by atoms with E-state index in [9.17, 15) is 5.11 Å². The number of hydrogen-bond donors (Lipinski definition) is 1. The van der Waals surface area contributed by atoms with Crippen molar-refractivity contribution in [2.75, 3.05) is 14.2 Å². The quantitative estimate of drug-likeness (QED) is 0.768. The Morgan fingerprint density at radius 3 is 1.86 bits per heavy atom. The molecule has 0 amide bonds. The third kappa shape index (κ3) is 1.34. The highest BCUT2D eigenvalue weighted by Crippen LogP contribution is 2.36. The molecule has 0 saturated carbocycles. The summed E-state index contributed by atoms with van der Waals surface area (Å²) in [6, 6.07) is 3.77. The zero-order valence-electron chi connectivity index (χ0n) is 8.41. The monoisotopic (exact) mass is 194 g/mol. The van der Waals surface area contributed by atoms with Gasteiger partial charge in [0.15, 0.2) is 0 Å². The molecule has 0 aromatic heterocycles. The summed E-state index contributed by atoms with van der Waals surface area (Å²) < 4.78 is 10.5. The van der Waals surface area contributed by atoms with Crippen molar-refractivity contribution in [1.29, 1.82) is 0 Å². The third-order valence-electron chi connectivity index (χ3n) is 2.66. The van der Waals surface area contributed by atoms with E-state index in [0.29, 0.717) is 12.8 Å². The van der Waals surface area contributed by atoms with Gasteiger partial charge >= 0.3 is 0 Å². The van der Waals surface area contributed by atoms with Crippen molar-refractivity contribution in [2.24, 2.45) is 0 Å². The van der Waals surface area contributed by atoms with Crippen LogP contribution in [0.1, 0.15) is 11.1 Å². The Morgan fingerprint density at radius 2 is 1.50 bits per heavy atom. The first-order valence-corrected chi connectivity index (χ1v) is 4.67. The lowest BCUT2D eigenvalue weighted by Gasteiger charge is -2.10. The molecule has 0 radical (unpaired) electrons. The van der Waals surface area contributed by atoms with E-state index >= 15 is 0 Å². The molecule has 0 spiro atoms. The third-order valence-corrected chi connectivity index (χ3v) is 2.66. The van der Waals surface area contributed by atoms with Crippen molar-refractivity contribution in [3.8, 4) is 11.5 Å². The molecule has 0 atom stereocenters. The summed E-state index contributed by atoms with van der Waals surface area (Å²) in [5.74, 6) is 1.69. The molecule has 0 aliphatic heterocycles. The summed E-state index contributed by atoms with van der Waals surface area (Å²) >= 11 is 0. The van der Waals surface area contributed by atoms with Gasteiger partial charge in [0, 0.05) is 24.0 Å². The lowest BCUT2D eigenvalue weighted by atomic mass is 10.1. The molecule has 14 heavy (non-hydrogen) atoms. The molecule has 1 aromatic rings. The van der Waals surface area contributed by atoms with Crippen LogP contribution >= 0.6 is 0 Å². The normalized spacial score (nSPS) is 15.4. The van der Waals surface area contributed by atoms with Crippen LogP contribution in [0.15, 0.2) is 12.1 Å². The van der Waals surface area contributed by atoms with Crippen molar-refractivity contribution in [2.45, 2.75) is 18.9 Å². The van der Waals surface area contributed by atoms with Gasteiger partial charge in [-0.15, -0.1) is 0 Å². The summed E-state index contributed by atoms with van der Waals surface area (Å²) in [6.45, 7) is 0. The van der Waals surface area contributed by atoms with Crippen molar-refractivity contribution < 1.29 is 14.6 Å². The Labute approximate surface area is 83.3 Å². The Hall–Kier alpha value is -1.22. The number of rotatable bonds is 2. The number of methoxy groups -OCH3 is 2. The number of aliphatic hydroxyl groups excluding tert-OH is 1. The van der Waals surface area contributed by atoms with E-state index in [1.165, 1.54) is 0 Å². The predicted molar refractivity (Wildman–Crippen MR) is 53.0 cm³/mol. The summed E-state index contributed by atoms with van der Waals surface area (Å²) in [6.07, 6.45) is 1.03. The Bertz CT molecular complexity index is 314. The fourth-order valence-electron chi connectivity index (χ4n) is 2.02. The maximum atomic E-state index is 9.58. The zero-order valence-corrected chi connectivity index (χ0v) is 8.41. The van der Waals surface area contributed by atoms with Crippen LogP contribution in [0.5, 0.6) is 11.5 Å². The minimum absolute atomic E-state index is 0.296. The molecule has 0 saturated heterocycles. The molecule has 0 unspecified atom stereocenters. The first kappa shape index (κ1) is 9.34. The van der Waals surface area contributed by atoms with Crippen molar-refractivity contribution in [3.63, 3.8) is 0 Å². The minimum Gasteiger partial charge on any atom is -0.496 e. The second-order valence-corrected chi connectivity index (χ2v) is 3.49. The van der Waals surface area contributed by atoms with Crippen LogP contribution < -0.4 is 9.47 Å². The van der Waals surface area contributed by atoms with Crippen molar-refractivity contribution >= 4 is 0 Å². The smallest absolute Gasteiger partial charge is 0.122 e. The van der Waals surface area contributed by atoms with E-state index in [-0.39, 0.29) is 6.10 Å². The van der Waals surface area contributed by atoms with Gasteiger partial charge in [-0.2, -0.15) is 0 Å². The Morgan fingerprint density at radius 1 is 1.07 bits per heavy atom. The molecule has 3 heteroatoms. The van der Waals surface area contributed by atoms with E-state index in [1.807, 2.05) is 12.1 Å². The predicted octanol–water partition coefficient (Wildman–Crippen LogP) is 1.16. The molecular weight excluding hydrogens is 180 g/mol. The highest BCUT2D eigenvalue weighted by atomic mass is 16.5. The van der Waals surface area contributed by atoms with E-state index < -0.39 is 0 Å². The molecule has 1 aromatic carbocycles. The standard InChI is InChI=1S/C11H14O3/c1-13-10-3-4-11(14-2)9-6-7(12)5-8(9)10/h3-4,7,12H,5-6H2,1-2H3. The van der Waals surface area contributed by atoms with Gasteiger partial charge in [-0.3, -0.25) is 0 Å². The van der Waals surface area contributed by atoms with Gasteiger partial charge in [0.1, 0.15) is 11.5 Å². The SMILES string of the molecule is COc1ccc(OC)c2c1CC(O)C2. The van der Waals surface area contributed by atoms with E-state index in [4.69, 9.17) is 9.47 Å². The number of benzene rings is 1. The van der Waals surface area contributed by atoms with Gasteiger partial charge in [-0.05, 0) is 12.1 Å². The molecule has 1 aliphatic rings. The Kier molecular flexibility index (Phi) is 2.33. The van der Waals surface area contributed by atoms with Crippen LogP contribution in [0.25, 0.3) is 0 Å². The van der Waals surface area contributed by atoms with Gasteiger partial charge in [0.25, 0.3) is 0 Å². The fourth-order valence-corrected chi connectivity index (χ4v) is 2.02. The topological polar surface area (TPSA) is 38.7 Å². The molecule has 0 bridgehead atoms. The summed E-state index contributed by atoms with van der Waals surface area (Å²) in [4.78, 5) is 0. The first-order chi connectivity index (χ1) is 6.76. The minimum atomic E-state index is -0.296. The Balaban J connectivity index is 2.50. The van der Waals surface area contributed by atoms with Gasteiger partial charge in [0.05, 0.1) is 20.3 Å². The van der Waals surface area contributed by atoms with Crippen LogP contribution in [0, 0.1) is 0 Å². The van der Waals surface area contributed by atoms with E-state index in [2.05, 4.69) is 0 Å². The van der Waals surface area contributed by atoms with E-state index in [1.54, 1.807) is 14.2 Å². The molecule has 76 valence electrons. The number of fused-ring (bicyclic) bond motifs is 1. The summed E-state index contributed by atoms with van der Waals surface area (Å²) in [7, 11) is 3.29. The summed E-state index contributed by atoms with van der Waals surface area (Å²) in [5.41, 5.74) is 2.17. The van der Waals surface area contributed by atoms with Gasteiger partial charge in [-0.1, -0.05) is 0 Å². The maximum absolute atomic E-state index is 9.58. The van der Waals surface area contributed by atoms with Crippen LogP contribution in [-0.4, -0.2) is 25.4 Å². The highest BCUT2D eigenvalue weighted by Gasteiger charge is 2.25.